The summed E-state index contributed by atoms with van der Waals surface area (Å²) < 4.78 is 0. The lowest BCUT2D eigenvalue weighted by Gasteiger charge is -2.35. The molecule has 3 N–H and O–H groups in total. The predicted molar refractivity (Wildman–Crippen MR) is 88.6 cm³/mol. The predicted octanol–water partition coefficient (Wildman–Crippen LogP) is 1.74. The molecular weight excluding hydrogens is 296 g/mol. The van der Waals surface area contributed by atoms with Crippen LogP contribution < -0.4 is 10.2 Å². The summed E-state index contributed by atoms with van der Waals surface area (Å²) >= 11 is 0. The van der Waals surface area contributed by atoms with Crippen LogP contribution in [0.5, 0.6) is 0 Å². The molecule has 1 unspecified atom stereocenters. The van der Waals surface area contributed by atoms with Gasteiger partial charge >= 0.3 is 5.97 Å². The number of aliphatic hydroxyl groups excluding tert-OH is 1. The summed E-state index contributed by atoms with van der Waals surface area (Å²) in [4.78, 5) is 21.9. The molecule has 1 aromatic rings. The number of carboxylic acid groups (broad SMARTS) is 1. The highest BCUT2D eigenvalue weighted by atomic mass is 16.4. The zero-order valence-electron chi connectivity index (χ0n) is 13.8. The normalized spacial score (nSPS) is 19.7. The van der Waals surface area contributed by atoms with E-state index in [1.807, 2.05) is 13.8 Å². The standard InChI is InChI=1S/C16H26N4O3/c1-11(2)7-13(16(22)23)19-14-8-15(18-10-17-14)20-6-4-3-5-12(20)9-21/h8,10-13,21H,3-7,9H2,1-2H3,(H,22,23)(H,17,18,19)/t12?,13-/m1/s1. The van der Waals surface area contributed by atoms with Gasteiger partial charge in [-0.2, -0.15) is 0 Å². The quantitative estimate of drug-likeness (QED) is 0.703. The zero-order chi connectivity index (χ0) is 16.8. The number of hydrogen-bond acceptors (Lipinski definition) is 6. The summed E-state index contributed by atoms with van der Waals surface area (Å²) in [5.41, 5.74) is 0. The number of carboxylic acids is 1. The van der Waals surface area contributed by atoms with Crippen LogP contribution in [-0.4, -0.2) is 51.4 Å². The van der Waals surface area contributed by atoms with Gasteiger partial charge in [-0.1, -0.05) is 13.8 Å². The van der Waals surface area contributed by atoms with E-state index in [1.54, 1.807) is 6.07 Å². The number of nitrogens with zero attached hydrogens (tertiary/aromatic N) is 3. The smallest absolute Gasteiger partial charge is 0.326 e. The molecule has 0 saturated carbocycles. The van der Waals surface area contributed by atoms with E-state index in [0.29, 0.717) is 12.2 Å². The highest BCUT2D eigenvalue weighted by Crippen LogP contribution is 2.24. The highest BCUT2D eigenvalue weighted by molar-refractivity contribution is 5.77. The molecule has 2 rings (SSSR count). The monoisotopic (exact) mass is 322 g/mol. The van der Waals surface area contributed by atoms with E-state index in [0.717, 1.165) is 31.6 Å². The van der Waals surface area contributed by atoms with Gasteiger partial charge in [-0.25, -0.2) is 14.8 Å². The van der Waals surface area contributed by atoms with Crippen molar-refractivity contribution in [2.45, 2.75) is 51.6 Å². The number of aromatic nitrogens is 2. The Morgan fingerprint density at radius 1 is 1.43 bits per heavy atom. The van der Waals surface area contributed by atoms with Gasteiger partial charge in [0, 0.05) is 12.6 Å². The lowest BCUT2D eigenvalue weighted by atomic mass is 10.0. The van der Waals surface area contributed by atoms with Crippen LogP contribution in [0.3, 0.4) is 0 Å². The fourth-order valence-electron chi connectivity index (χ4n) is 2.95. The topological polar surface area (TPSA) is 98.6 Å². The number of aliphatic carboxylic acids is 1. The Kier molecular flexibility index (Phi) is 6.15. The number of rotatable bonds is 7. The first kappa shape index (κ1) is 17.5. The molecule has 0 aromatic carbocycles. The van der Waals surface area contributed by atoms with Crippen LogP contribution in [0.15, 0.2) is 12.4 Å². The van der Waals surface area contributed by atoms with Crippen molar-refractivity contribution in [1.29, 1.82) is 0 Å². The number of hydrogen-bond donors (Lipinski definition) is 3. The lowest BCUT2D eigenvalue weighted by Crippen LogP contribution is -2.42. The molecule has 1 saturated heterocycles. The first-order chi connectivity index (χ1) is 11.0. The molecule has 0 spiro atoms. The van der Waals surface area contributed by atoms with Gasteiger partial charge in [0.2, 0.25) is 0 Å². The molecule has 1 aliphatic rings. The van der Waals surface area contributed by atoms with Crippen LogP contribution in [-0.2, 0) is 4.79 Å². The third kappa shape index (κ3) is 4.79. The van der Waals surface area contributed by atoms with Crippen LogP contribution in [0.4, 0.5) is 11.6 Å². The van der Waals surface area contributed by atoms with Gasteiger partial charge in [-0.3, -0.25) is 0 Å². The van der Waals surface area contributed by atoms with Gasteiger partial charge in [0.15, 0.2) is 0 Å². The second kappa shape index (κ2) is 8.10. The maximum absolute atomic E-state index is 11.4. The van der Waals surface area contributed by atoms with Crippen LogP contribution >= 0.6 is 0 Å². The minimum atomic E-state index is -0.884. The summed E-state index contributed by atoms with van der Waals surface area (Å²) in [6.45, 7) is 4.92. The van der Waals surface area contributed by atoms with Crippen molar-refractivity contribution in [2.24, 2.45) is 5.92 Å². The molecule has 7 heteroatoms. The van der Waals surface area contributed by atoms with Crippen LogP contribution in [0.1, 0.15) is 39.5 Å². The molecule has 0 aliphatic carbocycles. The molecule has 0 amide bonds. The second-order valence-corrected chi connectivity index (χ2v) is 6.45. The summed E-state index contributed by atoms with van der Waals surface area (Å²) in [5.74, 6) is 0.621. The van der Waals surface area contributed by atoms with Crippen LogP contribution in [0, 0.1) is 5.92 Å². The number of nitrogens with one attached hydrogen (secondary N) is 1. The van der Waals surface area contributed by atoms with E-state index in [4.69, 9.17) is 0 Å². The molecule has 23 heavy (non-hydrogen) atoms. The Bertz CT molecular complexity index is 524. The Morgan fingerprint density at radius 2 is 2.22 bits per heavy atom. The summed E-state index contributed by atoms with van der Waals surface area (Å²) in [6, 6.07) is 1.16. The summed E-state index contributed by atoms with van der Waals surface area (Å²) in [5, 5.41) is 21.8. The fourth-order valence-corrected chi connectivity index (χ4v) is 2.95. The largest absolute Gasteiger partial charge is 0.480 e. The number of piperidine rings is 1. The number of carbonyl (C=O) groups is 1. The minimum Gasteiger partial charge on any atom is -0.480 e. The molecule has 2 heterocycles. The molecule has 2 atom stereocenters. The molecule has 1 aliphatic heterocycles. The van der Waals surface area contributed by atoms with Gasteiger partial charge in [-0.15, -0.1) is 0 Å². The van der Waals surface area contributed by atoms with E-state index >= 15 is 0 Å². The van der Waals surface area contributed by atoms with Crippen LogP contribution in [0.2, 0.25) is 0 Å². The first-order valence-corrected chi connectivity index (χ1v) is 8.20. The van der Waals surface area contributed by atoms with Crippen molar-refractivity contribution in [1.82, 2.24) is 9.97 Å². The van der Waals surface area contributed by atoms with Crippen molar-refractivity contribution in [3.63, 3.8) is 0 Å². The SMILES string of the molecule is CC(C)C[C@@H](Nc1cc(N2CCCCC2CO)ncn1)C(=O)O. The Hall–Kier alpha value is -1.89. The third-order valence-electron chi connectivity index (χ3n) is 4.11. The third-order valence-corrected chi connectivity index (χ3v) is 4.11. The van der Waals surface area contributed by atoms with E-state index in [2.05, 4.69) is 20.2 Å². The van der Waals surface area contributed by atoms with E-state index < -0.39 is 12.0 Å². The van der Waals surface area contributed by atoms with Crippen molar-refractivity contribution in [3.05, 3.63) is 12.4 Å². The van der Waals surface area contributed by atoms with Crippen molar-refractivity contribution >= 4 is 17.6 Å². The van der Waals surface area contributed by atoms with Crippen molar-refractivity contribution in [3.8, 4) is 0 Å². The summed E-state index contributed by atoms with van der Waals surface area (Å²) in [7, 11) is 0. The molecule has 7 nitrogen and oxygen atoms in total. The van der Waals surface area contributed by atoms with Crippen LogP contribution in [0.25, 0.3) is 0 Å². The Morgan fingerprint density at radius 3 is 2.87 bits per heavy atom. The maximum atomic E-state index is 11.4. The van der Waals surface area contributed by atoms with Gasteiger partial charge < -0.3 is 20.4 Å². The first-order valence-electron chi connectivity index (χ1n) is 8.20. The maximum Gasteiger partial charge on any atom is 0.326 e. The molecule has 1 fully saturated rings. The van der Waals surface area contributed by atoms with E-state index in [-0.39, 0.29) is 18.6 Å². The highest BCUT2D eigenvalue weighted by Gasteiger charge is 2.24. The Labute approximate surface area is 136 Å². The average molecular weight is 322 g/mol. The average Bonchev–Trinajstić information content (AvgIpc) is 2.54. The zero-order valence-corrected chi connectivity index (χ0v) is 13.8. The molecular formula is C16H26N4O3. The van der Waals surface area contributed by atoms with Crippen molar-refractivity contribution in [2.75, 3.05) is 23.4 Å². The van der Waals surface area contributed by atoms with Gasteiger partial charge in [0.05, 0.1) is 12.6 Å². The minimum absolute atomic E-state index is 0.0671. The molecule has 0 bridgehead atoms. The van der Waals surface area contributed by atoms with Gasteiger partial charge in [-0.05, 0) is 31.6 Å². The van der Waals surface area contributed by atoms with Crippen molar-refractivity contribution < 1.29 is 15.0 Å². The number of aliphatic hydroxyl groups is 1. The lowest BCUT2D eigenvalue weighted by molar-refractivity contribution is -0.138. The second-order valence-electron chi connectivity index (χ2n) is 6.45. The van der Waals surface area contributed by atoms with Gasteiger partial charge in [0.1, 0.15) is 24.0 Å². The number of anilines is 2. The molecule has 1 aromatic heterocycles. The van der Waals surface area contributed by atoms with E-state index in [1.165, 1.54) is 6.33 Å². The fraction of sp³-hybridized carbons (Fsp3) is 0.688. The Balaban J connectivity index is 2.13. The molecule has 0 radical (unpaired) electrons. The van der Waals surface area contributed by atoms with E-state index in [9.17, 15) is 15.0 Å². The summed E-state index contributed by atoms with van der Waals surface area (Å²) in [6.07, 6.45) is 5.07. The molecule has 128 valence electrons. The van der Waals surface area contributed by atoms with Gasteiger partial charge in [0.25, 0.3) is 0 Å².